The van der Waals surface area contributed by atoms with E-state index in [2.05, 4.69) is 9.97 Å². The summed E-state index contributed by atoms with van der Waals surface area (Å²) in [6.45, 7) is 1.95. The smallest absolute Gasteiger partial charge is 0.303 e. The largest absolute Gasteiger partial charge is 0.481 e. The normalized spacial score (nSPS) is 10.6. The average molecular weight is 245 g/mol. The molecule has 0 saturated carbocycles. The van der Waals surface area contributed by atoms with Gasteiger partial charge >= 0.3 is 5.97 Å². The minimum absolute atomic E-state index is 0.102. The Balaban J connectivity index is 2.33. The minimum atomic E-state index is -0.803. The highest BCUT2D eigenvalue weighted by atomic mass is 16.4. The van der Waals surface area contributed by atoms with Crippen LogP contribution in [0.1, 0.15) is 17.8 Å². The summed E-state index contributed by atoms with van der Waals surface area (Å²) in [5.41, 5.74) is 2.76. The van der Waals surface area contributed by atoms with Gasteiger partial charge in [0.2, 0.25) is 0 Å². The lowest BCUT2D eigenvalue weighted by atomic mass is 10.2. The number of carbonyl (C=O) groups is 1. The third-order valence-electron chi connectivity index (χ3n) is 2.97. The number of rotatable bonds is 4. The van der Waals surface area contributed by atoms with Crippen molar-refractivity contribution >= 4 is 5.97 Å². The topological polar surface area (TPSA) is 68.0 Å². The SMILES string of the molecule is Cc1c(CCC(=O)O)nc(-c2cccnc2)n1C. The van der Waals surface area contributed by atoms with Crippen molar-refractivity contribution in [3.05, 3.63) is 35.9 Å². The molecule has 18 heavy (non-hydrogen) atoms. The molecule has 0 aliphatic rings. The number of pyridine rings is 1. The summed E-state index contributed by atoms with van der Waals surface area (Å²) in [5, 5.41) is 8.71. The first kappa shape index (κ1) is 12.3. The molecule has 0 spiro atoms. The van der Waals surface area contributed by atoms with Gasteiger partial charge in [-0.25, -0.2) is 4.98 Å². The molecule has 94 valence electrons. The van der Waals surface area contributed by atoms with E-state index < -0.39 is 5.97 Å². The molecule has 0 aromatic carbocycles. The first-order valence-electron chi connectivity index (χ1n) is 5.74. The zero-order valence-electron chi connectivity index (χ0n) is 10.4. The van der Waals surface area contributed by atoms with Crippen molar-refractivity contribution in [1.29, 1.82) is 0 Å². The summed E-state index contributed by atoms with van der Waals surface area (Å²) in [4.78, 5) is 19.2. The van der Waals surface area contributed by atoms with Gasteiger partial charge in [0.05, 0.1) is 12.1 Å². The maximum absolute atomic E-state index is 10.6. The molecule has 0 saturated heterocycles. The molecule has 2 heterocycles. The fourth-order valence-corrected chi connectivity index (χ4v) is 1.85. The molecule has 2 aromatic heterocycles. The van der Waals surface area contributed by atoms with Gasteiger partial charge < -0.3 is 9.67 Å². The number of aryl methyl sites for hydroxylation is 1. The van der Waals surface area contributed by atoms with E-state index >= 15 is 0 Å². The number of nitrogens with zero attached hydrogens (tertiary/aromatic N) is 3. The van der Waals surface area contributed by atoms with Crippen molar-refractivity contribution in [1.82, 2.24) is 14.5 Å². The van der Waals surface area contributed by atoms with E-state index in [1.807, 2.05) is 30.7 Å². The van der Waals surface area contributed by atoms with Crippen molar-refractivity contribution in [2.24, 2.45) is 7.05 Å². The quantitative estimate of drug-likeness (QED) is 0.892. The van der Waals surface area contributed by atoms with Crippen molar-refractivity contribution < 1.29 is 9.90 Å². The van der Waals surface area contributed by atoms with Gasteiger partial charge in [0.1, 0.15) is 5.82 Å². The zero-order chi connectivity index (χ0) is 13.1. The highest BCUT2D eigenvalue weighted by Crippen LogP contribution is 2.20. The molecule has 5 heteroatoms. The highest BCUT2D eigenvalue weighted by Gasteiger charge is 2.13. The summed E-state index contributed by atoms with van der Waals surface area (Å²) >= 11 is 0. The fourth-order valence-electron chi connectivity index (χ4n) is 1.85. The Morgan fingerprint density at radius 1 is 1.50 bits per heavy atom. The van der Waals surface area contributed by atoms with E-state index in [0.717, 1.165) is 22.8 Å². The Hall–Kier alpha value is -2.17. The molecule has 0 atom stereocenters. The second-order valence-electron chi connectivity index (χ2n) is 4.16. The van der Waals surface area contributed by atoms with Crippen LogP contribution in [0.15, 0.2) is 24.5 Å². The van der Waals surface area contributed by atoms with Gasteiger partial charge in [-0.2, -0.15) is 0 Å². The first-order valence-corrected chi connectivity index (χ1v) is 5.74. The summed E-state index contributed by atoms with van der Waals surface area (Å²) in [7, 11) is 1.93. The van der Waals surface area contributed by atoms with Crippen molar-refractivity contribution in [3.63, 3.8) is 0 Å². The summed E-state index contributed by atoms with van der Waals surface area (Å²) in [6, 6.07) is 3.80. The minimum Gasteiger partial charge on any atom is -0.481 e. The van der Waals surface area contributed by atoms with Gasteiger partial charge in [-0.3, -0.25) is 9.78 Å². The van der Waals surface area contributed by atoms with E-state index in [1.165, 1.54) is 0 Å². The Labute approximate surface area is 105 Å². The van der Waals surface area contributed by atoms with Crippen LogP contribution < -0.4 is 0 Å². The maximum atomic E-state index is 10.6. The van der Waals surface area contributed by atoms with E-state index in [1.54, 1.807) is 12.4 Å². The second kappa shape index (κ2) is 5.00. The third kappa shape index (κ3) is 2.40. The predicted octanol–water partition coefficient (Wildman–Crippen LogP) is 1.81. The van der Waals surface area contributed by atoms with Gasteiger partial charge in [0.15, 0.2) is 0 Å². The number of aromatic nitrogens is 3. The van der Waals surface area contributed by atoms with Crippen LogP contribution in [0, 0.1) is 6.92 Å². The van der Waals surface area contributed by atoms with Gasteiger partial charge in [-0.1, -0.05) is 0 Å². The molecule has 0 fully saturated rings. The highest BCUT2D eigenvalue weighted by molar-refractivity contribution is 5.67. The fraction of sp³-hybridized carbons (Fsp3) is 0.308. The lowest BCUT2D eigenvalue weighted by molar-refractivity contribution is -0.136. The Bertz CT molecular complexity index is 561. The molecular formula is C13H15N3O2. The van der Waals surface area contributed by atoms with Crippen LogP contribution in [0.4, 0.5) is 0 Å². The van der Waals surface area contributed by atoms with E-state index in [9.17, 15) is 4.79 Å². The molecule has 0 aliphatic heterocycles. The van der Waals surface area contributed by atoms with Crippen LogP contribution in [-0.2, 0) is 18.3 Å². The second-order valence-corrected chi connectivity index (χ2v) is 4.16. The molecule has 0 bridgehead atoms. The maximum Gasteiger partial charge on any atom is 0.303 e. The molecule has 1 N–H and O–H groups in total. The third-order valence-corrected chi connectivity index (χ3v) is 2.97. The molecule has 2 rings (SSSR count). The molecule has 5 nitrogen and oxygen atoms in total. The summed E-state index contributed by atoms with van der Waals surface area (Å²) in [6.07, 6.45) is 4.02. The Kier molecular flexibility index (Phi) is 3.41. The Morgan fingerprint density at radius 2 is 2.28 bits per heavy atom. The molecule has 0 amide bonds. The lowest BCUT2D eigenvalue weighted by Crippen LogP contribution is -1.99. The van der Waals surface area contributed by atoms with Gasteiger partial charge in [-0.05, 0) is 19.1 Å². The standard InChI is InChI=1S/C13H15N3O2/c1-9-11(5-6-12(17)18)15-13(16(9)2)10-4-3-7-14-8-10/h3-4,7-8H,5-6H2,1-2H3,(H,17,18). The van der Waals surface area contributed by atoms with Crippen LogP contribution in [0.25, 0.3) is 11.4 Å². The number of hydrogen-bond donors (Lipinski definition) is 1. The number of aliphatic carboxylic acids is 1. The lowest BCUT2D eigenvalue weighted by Gasteiger charge is -2.01. The van der Waals surface area contributed by atoms with Crippen molar-refractivity contribution in [3.8, 4) is 11.4 Å². The Morgan fingerprint density at radius 3 is 2.89 bits per heavy atom. The van der Waals surface area contributed by atoms with Crippen molar-refractivity contribution in [2.45, 2.75) is 19.8 Å². The number of imidazole rings is 1. The van der Waals surface area contributed by atoms with Gasteiger partial charge in [-0.15, -0.1) is 0 Å². The van der Waals surface area contributed by atoms with Crippen LogP contribution in [0.2, 0.25) is 0 Å². The summed E-state index contributed by atoms with van der Waals surface area (Å²) < 4.78 is 1.97. The predicted molar refractivity (Wildman–Crippen MR) is 67.1 cm³/mol. The van der Waals surface area contributed by atoms with Crippen LogP contribution >= 0.6 is 0 Å². The van der Waals surface area contributed by atoms with E-state index in [-0.39, 0.29) is 6.42 Å². The molecule has 2 aromatic rings. The summed E-state index contributed by atoms with van der Waals surface area (Å²) in [5.74, 6) is 0.0176. The number of hydrogen-bond acceptors (Lipinski definition) is 3. The van der Waals surface area contributed by atoms with Crippen molar-refractivity contribution in [2.75, 3.05) is 0 Å². The molecular weight excluding hydrogens is 230 g/mol. The number of carboxylic acid groups (broad SMARTS) is 1. The number of carboxylic acids is 1. The van der Waals surface area contributed by atoms with Crippen LogP contribution in [0.5, 0.6) is 0 Å². The van der Waals surface area contributed by atoms with E-state index in [0.29, 0.717) is 6.42 Å². The van der Waals surface area contributed by atoms with Gasteiger partial charge in [0.25, 0.3) is 0 Å². The first-order chi connectivity index (χ1) is 8.59. The average Bonchev–Trinajstić information content (AvgIpc) is 2.65. The van der Waals surface area contributed by atoms with E-state index in [4.69, 9.17) is 5.11 Å². The molecule has 0 aliphatic carbocycles. The van der Waals surface area contributed by atoms with Crippen LogP contribution in [0.3, 0.4) is 0 Å². The van der Waals surface area contributed by atoms with Gasteiger partial charge in [0, 0.05) is 37.1 Å². The monoisotopic (exact) mass is 245 g/mol. The molecule has 0 unspecified atom stereocenters. The van der Waals surface area contributed by atoms with Crippen LogP contribution in [-0.4, -0.2) is 25.6 Å². The molecule has 0 radical (unpaired) electrons. The zero-order valence-corrected chi connectivity index (χ0v) is 10.4.